The first kappa shape index (κ1) is 25.1. The highest BCUT2D eigenvalue weighted by Crippen LogP contribution is 2.37. The van der Waals surface area contributed by atoms with Crippen molar-refractivity contribution >= 4 is 22.8 Å². The molecule has 1 fully saturated rings. The number of nitrogen functional groups attached to an aromatic ring is 1. The highest BCUT2D eigenvalue weighted by Gasteiger charge is 2.31. The number of likely N-dealkylation sites (tertiary alicyclic amines) is 1. The maximum atomic E-state index is 15.3. The number of carbonyl (C=O) groups excluding carboxylic acids is 1. The summed E-state index contributed by atoms with van der Waals surface area (Å²) >= 11 is 0. The number of nitrogens with two attached hydrogens (primary N) is 1. The van der Waals surface area contributed by atoms with Crippen molar-refractivity contribution in [2.45, 2.75) is 19.4 Å². The number of fused-ring (bicyclic) bond motifs is 1. The number of carbonyl (C=O) groups is 1. The molecule has 1 amide bonds. The monoisotopic (exact) mass is 530 g/mol. The van der Waals surface area contributed by atoms with Gasteiger partial charge < -0.3 is 15.4 Å². The summed E-state index contributed by atoms with van der Waals surface area (Å²) in [6.45, 7) is 6.08. The standard InChI is InChI=1S/C25H19F5N6O2/c1-11(2)25(37)35-6-5-12(9-35)36-24-18(23(31)32-10-33-24)21(34-36)14-4-3-13(7-15(14)26)38-22-19(29)16(27)8-17(28)20(22)30/h3-4,7-8,10,12H,1,5-6,9H2,2H3,(H2,31,32,33). The Morgan fingerprint density at radius 1 is 1.08 bits per heavy atom. The van der Waals surface area contributed by atoms with Gasteiger partial charge >= 0.3 is 0 Å². The molecule has 3 heterocycles. The van der Waals surface area contributed by atoms with Gasteiger partial charge in [-0.1, -0.05) is 6.58 Å². The third kappa shape index (κ3) is 4.19. The number of amides is 1. The Hall–Kier alpha value is -4.55. The van der Waals surface area contributed by atoms with Gasteiger partial charge in [0.15, 0.2) is 17.3 Å². The number of anilines is 1. The molecule has 38 heavy (non-hydrogen) atoms. The fourth-order valence-electron chi connectivity index (χ4n) is 4.34. The van der Waals surface area contributed by atoms with E-state index in [1.807, 2.05) is 0 Å². The van der Waals surface area contributed by atoms with Crippen LogP contribution in [0.15, 0.2) is 42.7 Å². The molecular weight excluding hydrogens is 511 g/mol. The molecule has 0 radical (unpaired) electrons. The minimum absolute atomic E-state index is 0.0308. The lowest BCUT2D eigenvalue weighted by Gasteiger charge is -2.16. The molecule has 2 aromatic carbocycles. The smallest absolute Gasteiger partial charge is 0.248 e. The molecule has 1 unspecified atom stereocenters. The highest BCUT2D eigenvalue weighted by molar-refractivity contribution is 5.98. The molecule has 1 aliphatic rings. The second-order valence-electron chi connectivity index (χ2n) is 8.77. The van der Waals surface area contributed by atoms with Gasteiger partial charge in [0.1, 0.15) is 29.4 Å². The normalized spacial score (nSPS) is 15.3. The van der Waals surface area contributed by atoms with Crippen molar-refractivity contribution in [1.82, 2.24) is 24.6 Å². The van der Waals surface area contributed by atoms with E-state index in [1.165, 1.54) is 12.4 Å². The van der Waals surface area contributed by atoms with E-state index in [-0.39, 0.29) is 40.5 Å². The van der Waals surface area contributed by atoms with Gasteiger partial charge in [-0.2, -0.15) is 13.9 Å². The van der Waals surface area contributed by atoms with Crippen molar-refractivity contribution in [2.24, 2.45) is 0 Å². The fraction of sp³-hybridized carbons (Fsp3) is 0.200. The number of halogens is 5. The molecule has 0 bridgehead atoms. The maximum absolute atomic E-state index is 15.3. The molecule has 0 spiro atoms. The lowest BCUT2D eigenvalue weighted by molar-refractivity contribution is -0.126. The van der Waals surface area contributed by atoms with Crippen molar-refractivity contribution in [1.29, 1.82) is 0 Å². The van der Waals surface area contributed by atoms with Gasteiger partial charge in [-0.25, -0.2) is 27.8 Å². The van der Waals surface area contributed by atoms with E-state index in [9.17, 15) is 22.4 Å². The SMILES string of the molecule is C=C(C)C(=O)N1CCC(n2nc(-c3ccc(Oc4c(F)c(F)cc(F)c4F)cc3F)c3c(N)ncnc32)C1. The Morgan fingerprint density at radius 3 is 2.45 bits per heavy atom. The molecule has 196 valence electrons. The van der Waals surface area contributed by atoms with Crippen LogP contribution < -0.4 is 10.5 Å². The Balaban J connectivity index is 1.53. The summed E-state index contributed by atoms with van der Waals surface area (Å²) < 4.78 is 76.8. The van der Waals surface area contributed by atoms with Crippen LogP contribution >= 0.6 is 0 Å². The first-order valence-corrected chi connectivity index (χ1v) is 11.3. The number of rotatable bonds is 5. The second kappa shape index (κ2) is 9.39. The molecule has 2 N–H and O–H groups in total. The van der Waals surface area contributed by atoms with Crippen LogP contribution in [0, 0.1) is 29.1 Å². The van der Waals surface area contributed by atoms with E-state index in [2.05, 4.69) is 21.6 Å². The average Bonchev–Trinajstić information content (AvgIpc) is 3.51. The number of hydrogen-bond donors (Lipinski definition) is 1. The largest absolute Gasteiger partial charge is 0.451 e. The minimum Gasteiger partial charge on any atom is -0.451 e. The molecule has 0 saturated carbocycles. The number of benzene rings is 2. The van der Waals surface area contributed by atoms with Crippen LogP contribution in [-0.4, -0.2) is 43.6 Å². The highest BCUT2D eigenvalue weighted by atomic mass is 19.2. The molecule has 1 atom stereocenters. The van der Waals surface area contributed by atoms with Crippen LogP contribution in [0.1, 0.15) is 19.4 Å². The van der Waals surface area contributed by atoms with Gasteiger partial charge in [0, 0.05) is 36.4 Å². The summed E-state index contributed by atoms with van der Waals surface area (Å²) in [6, 6.07) is 2.88. The van der Waals surface area contributed by atoms with Gasteiger partial charge in [0.05, 0.1) is 11.4 Å². The van der Waals surface area contributed by atoms with Crippen molar-refractivity contribution < 1.29 is 31.5 Å². The summed E-state index contributed by atoms with van der Waals surface area (Å²) in [5.41, 5.74) is 6.82. The Labute approximate surface area is 212 Å². The molecule has 1 aliphatic heterocycles. The molecular formula is C25H19F5N6O2. The Bertz CT molecular complexity index is 1600. The summed E-state index contributed by atoms with van der Waals surface area (Å²) in [5, 5.41) is 4.80. The van der Waals surface area contributed by atoms with E-state index in [4.69, 9.17) is 10.5 Å². The minimum atomic E-state index is -1.77. The van der Waals surface area contributed by atoms with Gasteiger partial charge in [0.25, 0.3) is 0 Å². The summed E-state index contributed by atoms with van der Waals surface area (Å²) in [4.78, 5) is 22.2. The summed E-state index contributed by atoms with van der Waals surface area (Å²) in [5.74, 6) is -9.73. The van der Waals surface area contributed by atoms with Gasteiger partial charge in [0.2, 0.25) is 23.3 Å². The van der Waals surface area contributed by atoms with Crippen LogP contribution in [0.2, 0.25) is 0 Å². The van der Waals surface area contributed by atoms with Crippen molar-refractivity contribution in [3.63, 3.8) is 0 Å². The summed E-state index contributed by atoms with van der Waals surface area (Å²) in [7, 11) is 0. The fourth-order valence-corrected chi connectivity index (χ4v) is 4.34. The molecule has 2 aromatic heterocycles. The number of nitrogens with zero attached hydrogens (tertiary/aromatic N) is 5. The quantitative estimate of drug-likeness (QED) is 0.224. The van der Waals surface area contributed by atoms with Crippen LogP contribution in [-0.2, 0) is 4.79 Å². The van der Waals surface area contributed by atoms with Crippen LogP contribution in [0.3, 0.4) is 0 Å². The molecule has 4 aromatic rings. The van der Waals surface area contributed by atoms with Crippen LogP contribution in [0.25, 0.3) is 22.3 Å². The topological polar surface area (TPSA) is 99.2 Å². The number of hydrogen-bond acceptors (Lipinski definition) is 6. The molecule has 8 nitrogen and oxygen atoms in total. The third-order valence-electron chi connectivity index (χ3n) is 6.17. The lowest BCUT2D eigenvalue weighted by Crippen LogP contribution is -2.29. The van der Waals surface area contributed by atoms with Gasteiger partial charge in [-0.05, 0) is 25.5 Å². The Morgan fingerprint density at radius 2 is 1.79 bits per heavy atom. The zero-order valence-electron chi connectivity index (χ0n) is 19.8. The predicted molar refractivity (Wildman–Crippen MR) is 127 cm³/mol. The van der Waals surface area contributed by atoms with E-state index in [0.29, 0.717) is 30.7 Å². The Kier molecular flexibility index (Phi) is 6.21. The van der Waals surface area contributed by atoms with E-state index in [1.54, 1.807) is 16.5 Å². The first-order valence-electron chi connectivity index (χ1n) is 11.3. The predicted octanol–water partition coefficient (Wildman–Crippen LogP) is 4.91. The van der Waals surface area contributed by atoms with Gasteiger partial charge in [-0.15, -0.1) is 0 Å². The third-order valence-corrected chi connectivity index (χ3v) is 6.17. The number of ether oxygens (including phenoxy) is 1. The average molecular weight is 530 g/mol. The van der Waals surface area contributed by atoms with Crippen molar-refractivity contribution in [3.8, 4) is 22.8 Å². The number of aromatic nitrogens is 4. The van der Waals surface area contributed by atoms with Crippen molar-refractivity contribution in [2.75, 3.05) is 18.8 Å². The maximum Gasteiger partial charge on any atom is 0.248 e. The first-order chi connectivity index (χ1) is 18.1. The van der Waals surface area contributed by atoms with E-state index >= 15 is 4.39 Å². The lowest BCUT2D eigenvalue weighted by atomic mass is 10.1. The van der Waals surface area contributed by atoms with E-state index < -0.39 is 40.6 Å². The molecule has 13 heteroatoms. The van der Waals surface area contributed by atoms with Gasteiger partial charge in [-0.3, -0.25) is 4.79 Å². The molecule has 1 saturated heterocycles. The van der Waals surface area contributed by atoms with Crippen molar-refractivity contribution in [3.05, 3.63) is 71.8 Å². The molecule has 5 rings (SSSR count). The van der Waals surface area contributed by atoms with Crippen LogP contribution in [0.5, 0.6) is 11.5 Å². The summed E-state index contributed by atoms with van der Waals surface area (Å²) in [6.07, 6.45) is 1.79. The van der Waals surface area contributed by atoms with Crippen LogP contribution in [0.4, 0.5) is 27.8 Å². The zero-order chi connectivity index (χ0) is 27.3. The molecule has 0 aliphatic carbocycles. The zero-order valence-corrected chi connectivity index (χ0v) is 19.8. The van der Waals surface area contributed by atoms with E-state index in [0.717, 1.165) is 12.1 Å². The second-order valence-corrected chi connectivity index (χ2v) is 8.77.